The Balaban J connectivity index is 2.12. The molecule has 30 heavy (non-hydrogen) atoms. The lowest BCUT2D eigenvalue weighted by atomic mass is 10.1. The number of nitrogens with one attached hydrogen (secondary N) is 1. The molecule has 0 unspecified atom stereocenters. The van der Waals surface area contributed by atoms with Gasteiger partial charge in [0.05, 0.1) is 30.0 Å². The van der Waals surface area contributed by atoms with Crippen LogP contribution in [0.3, 0.4) is 0 Å². The summed E-state index contributed by atoms with van der Waals surface area (Å²) in [5, 5.41) is 3.94. The van der Waals surface area contributed by atoms with Gasteiger partial charge >= 0.3 is 11.9 Å². The predicted octanol–water partition coefficient (Wildman–Crippen LogP) is 4.40. The number of fused-ring (bicyclic) bond motifs is 1. The van der Waals surface area contributed by atoms with Crippen LogP contribution in [0.2, 0.25) is 0 Å². The molecule has 0 fully saturated rings. The van der Waals surface area contributed by atoms with Crippen molar-refractivity contribution < 1.29 is 19.1 Å². The van der Waals surface area contributed by atoms with Gasteiger partial charge in [-0.1, -0.05) is 0 Å². The molecule has 3 aromatic rings. The number of hydrogen-bond donors (Lipinski definition) is 1. The molecule has 1 N–H and O–H groups in total. The summed E-state index contributed by atoms with van der Waals surface area (Å²) in [6, 6.07) is 12.9. The van der Waals surface area contributed by atoms with Gasteiger partial charge in [0.25, 0.3) is 0 Å². The van der Waals surface area contributed by atoms with E-state index in [1.165, 1.54) is 6.20 Å². The third-order valence-corrected chi connectivity index (χ3v) is 4.53. The maximum absolute atomic E-state index is 12.6. The molecule has 7 nitrogen and oxygen atoms in total. The summed E-state index contributed by atoms with van der Waals surface area (Å²) in [6.07, 6.45) is 1.49. The summed E-state index contributed by atoms with van der Waals surface area (Å²) in [5.41, 5.74) is 3.70. The van der Waals surface area contributed by atoms with Gasteiger partial charge in [-0.25, -0.2) is 9.59 Å². The fourth-order valence-corrected chi connectivity index (χ4v) is 3.02. The first-order valence-corrected chi connectivity index (χ1v) is 9.76. The van der Waals surface area contributed by atoms with Gasteiger partial charge in [-0.3, -0.25) is 4.98 Å². The van der Waals surface area contributed by atoms with Crippen molar-refractivity contribution in [1.29, 1.82) is 0 Å². The molecule has 1 heterocycles. The molecule has 2 aromatic carbocycles. The molecule has 3 rings (SSSR count). The van der Waals surface area contributed by atoms with E-state index in [1.54, 1.807) is 32.0 Å². The van der Waals surface area contributed by atoms with Gasteiger partial charge in [0.15, 0.2) is 0 Å². The van der Waals surface area contributed by atoms with Crippen LogP contribution in [0, 0.1) is 0 Å². The van der Waals surface area contributed by atoms with Crippen LogP contribution in [-0.2, 0) is 9.47 Å². The SMILES string of the molecule is CCOC(=O)c1ccc2ncc(C(=O)OCC)c(Nc3ccc(N(C)C)cc3)c2c1. The fraction of sp³-hybridized carbons (Fsp3) is 0.261. The second kappa shape index (κ2) is 9.26. The smallest absolute Gasteiger partial charge is 0.341 e. The van der Waals surface area contributed by atoms with Gasteiger partial charge in [0, 0.05) is 37.1 Å². The zero-order valence-corrected chi connectivity index (χ0v) is 17.6. The molecule has 0 aliphatic heterocycles. The molecule has 1 aromatic heterocycles. The predicted molar refractivity (Wildman–Crippen MR) is 118 cm³/mol. The zero-order valence-electron chi connectivity index (χ0n) is 17.6. The van der Waals surface area contributed by atoms with Crippen LogP contribution in [0.1, 0.15) is 34.6 Å². The highest BCUT2D eigenvalue weighted by molar-refractivity contribution is 6.07. The summed E-state index contributed by atoms with van der Waals surface area (Å²) >= 11 is 0. The Hall–Kier alpha value is -3.61. The number of esters is 2. The van der Waals surface area contributed by atoms with E-state index in [0.717, 1.165) is 11.4 Å². The van der Waals surface area contributed by atoms with Crippen LogP contribution in [0.4, 0.5) is 17.1 Å². The average Bonchev–Trinajstić information content (AvgIpc) is 2.74. The Morgan fingerprint density at radius 3 is 2.27 bits per heavy atom. The number of pyridine rings is 1. The first-order valence-electron chi connectivity index (χ1n) is 9.76. The van der Waals surface area contributed by atoms with Gasteiger partial charge in [-0.15, -0.1) is 0 Å². The van der Waals surface area contributed by atoms with Crippen molar-refractivity contribution in [1.82, 2.24) is 4.98 Å². The minimum atomic E-state index is -0.485. The molecule has 0 saturated carbocycles. The zero-order chi connectivity index (χ0) is 21.7. The molecule has 0 spiro atoms. The molecule has 0 radical (unpaired) electrons. The van der Waals surface area contributed by atoms with E-state index in [1.807, 2.05) is 43.3 Å². The minimum Gasteiger partial charge on any atom is -0.462 e. The number of carbonyl (C=O) groups is 2. The average molecular weight is 407 g/mol. The van der Waals surface area contributed by atoms with Crippen molar-refractivity contribution in [3.8, 4) is 0 Å². The Labute approximate surface area is 175 Å². The van der Waals surface area contributed by atoms with Gasteiger partial charge < -0.3 is 19.7 Å². The van der Waals surface area contributed by atoms with Crippen LogP contribution >= 0.6 is 0 Å². The fourth-order valence-electron chi connectivity index (χ4n) is 3.02. The summed E-state index contributed by atoms with van der Waals surface area (Å²) < 4.78 is 10.3. The summed E-state index contributed by atoms with van der Waals surface area (Å²) in [7, 11) is 3.93. The van der Waals surface area contributed by atoms with Gasteiger partial charge in [-0.2, -0.15) is 0 Å². The number of ether oxygens (including phenoxy) is 2. The van der Waals surface area contributed by atoms with E-state index in [9.17, 15) is 9.59 Å². The molecule has 7 heteroatoms. The van der Waals surface area contributed by atoms with Gasteiger partial charge in [0.2, 0.25) is 0 Å². The number of anilines is 3. The van der Waals surface area contributed by atoms with Crippen molar-refractivity contribution in [3.63, 3.8) is 0 Å². The number of carbonyl (C=O) groups excluding carboxylic acids is 2. The highest BCUT2D eigenvalue weighted by Crippen LogP contribution is 2.31. The Morgan fingerprint density at radius 2 is 1.63 bits per heavy atom. The summed E-state index contributed by atoms with van der Waals surface area (Å²) in [4.78, 5) is 31.2. The van der Waals surface area contributed by atoms with E-state index in [2.05, 4.69) is 10.3 Å². The maximum Gasteiger partial charge on any atom is 0.341 e. The molecule has 0 aliphatic rings. The van der Waals surface area contributed by atoms with Crippen molar-refractivity contribution in [2.45, 2.75) is 13.8 Å². The van der Waals surface area contributed by atoms with E-state index >= 15 is 0 Å². The molecule has 0 bridgehead atoms. The minimum absolute atomic E-state index is 0.247. The first-order chi connectivity index (χ1) is 14.4. The van der Waals surface area contributed by atoms with Crippen LogP contribution in [0.25, 0.3) is 10.9 Å². The van der Waals surface area contributed by atoms with Crippen LogP contribution in [0.15, 0.2) is 48.7 Å². The van der Waals surface area contributed by atoms with Crippen LogP contribution < -0.4 is 10.2 Å². The summed E-state index contributed by atoms with van der Waals surface area (Å²) in [5.74, 6) is -0.914. The van der Waals surface area contributed by atoms with E-state index in [0.29, 0.717) is 27.7 Å². The van der Waals surface area contributed by atoms with E-state index in [4.69, 9.17) is 9.47 Å². The third kappa shape index (κ3) is 4.51. The molecule has 156 valence electrons. The van der Waals surface area contributed by atoms with E-state index in [-0.39, 0.29) is 13.2 Å². The number of hydrogen-bond acceptors (Lipinski definition) is 7. The largest absolute Gasteiger partial charge is 0.462 e. The van der Waals surface area contributed by atoms with Crippen LogP contribution in [0.5, 0.6) is 0 Å². The number of aromatic nitrogens is 1. The third-order valence-electron chi connectivity index (χ3n) is 4.53. The highest BCUT2D eigenvalue weighted by Gasteiger charge is 2.19. The van der Waals surface area contributed by atoms with Gasteiger partial charge in [-0.05, 0) is 56.3 Å². The van der Waals surface area contributed by atoms with Crippen molar-refractivity contribution >= 4 is 39.9 Å². The lowest BCUT2D eigenvalue weighted by Crippen LogP contribution is -2.10. The molecular weight excluding hydrogens is 382 g/mol. The normalized spacial score (nSPS) is 10.5. The second-order valence-corrected chi connectivity index (χ2v) is 6.79. The number of benzene rings is 2. The van der Waals surface area contributed by atoms with Crippen molar-refractivity contribution in [2.75, 3.05) is 37.5 Å². The van der Waals surface area contributed by atoms with Gasteiger partial charge in [0.1, 0.15) is 5.56 Å². The number of rotatable bonds is 7. The Morgan fingerprint density at radius 1 is 0.967 bits per heavy atom. The second-order valence-electron chi connectivity index (χ2n) is 6.79. The Kier molecular flexibility index (Phi) is 6.51. The summed E-state index contributed by atoms with van der Waals surface area (Å²) in [6.45, 7) is 4.03. The molecule has 0 atom stereocenters. The molecule has 0 saturated heterocycles. The lowest BCUT2D eigenvalue weighted by Gasteiger charge is -2.16. The Bertz CT molecular complexity index is 1060. The van der Waals surface area contributed by atoms with Crippen molar-refractivity contribution in [3.05, 3.63) is 59.8 Å². The topological polar surface area (TPSA) is 80.8 Å². The quantitative estimate of drug-likeness (QED) is 0.582. The molecular formula is C23H25N3O4. The number of nitrogens with zero attached hydrogens (tertiary/aromatic N) is 2. The monoisotopic (exact) mass is 407 g/mol. The van der Waals surface area contributed by atoms with Crippen LogP contribution in [-0.4, -0.2) is 44.2 Å². The van der Waals surface area contributed by atoms with Crippen molar-refractivity contribution in [2.24, 2.45) is 0 Å². The highest BCUT2D eigenvalue weighted by atomic mass is 16.5. The standard InChI is InChI=1S/C23H25N3O4/c1-5-29-22(27)15-7-12-20-18(13-15)21(19(14-24-20)23(28)30-6-2)25-16-8-10-17(11-9-16)26(3)4/h7-14H,5-6H2,1-4H3,(H,24,25). The first kappa shape index (κ1) is 21.1. The lowest BCUT2D eigenvalue weighted by molar-refractivity contribution is 0.0518. The van der Waals surface area contributed by atoms with E-state index < -0.39 is 11.9 Å². The molecule has 0 aliphatic carbocycles. The molecule has 0 amide bonds. The maximum atomic E-state index is 12.6.